The molecule has 0 aromatic heterocycles. The van der Waals surface area contributed by atoms with Crippen molar-refractivity contribution in [2.75, 3.05) is 13.1 Å². The largest absolute Gasteiger partial charge is 0.423 e. The minimum absolute atomic E-state index is 0.0347. The summed E-state index contributed by atoms with van der Waals surface area (Å²) in [6.45, 7) is 3.78. The van der Waals surface area contributed by atoms with Crippen LogP contribution < -0.4 is 5.32 Å². The van der Waals surface area contributed by atoms with Crippen molar-refractivity contribution >= 4 is 0 Å². The molecule has 2 nitrogen and oxygen atoms in total. The van der Waals surface area contributed by atoms with E-state index in [1.54, 1.807) is 13.8 Å². The lowest BCUT2D eigenvalue weighted by atomic mass is 10.2. The van der Waals surface area contributed by atoms with Gasteiger partial charge in [0.2, 0.25) is 6.10 Å². The first-order valence-electron chi connectivity index (χ1n) is 5.62. The molecule has 0 rings (SSSR count). The van der Waals surface area contributed by atoms with Gasteiger partial charge in [-0.25, -0.2) is 0 Å². The van der Waals surface area contributed by atoms with Crippen molar-refractivity contribution in [3.05, 3.63) is 0 Å². The van der Waals surface area contributed by atoms with Gasteiger partial charge < -0.3 is 10.1 Å². The average molecular weight is 281 g/mol. The highest BCUT2D eigenvalue weighted by Crippen LogP contribution is 2.36. The van der Waals surface area contributed by atoms with Gasteiger partial charge in [0.1, 0.15) is 0 Å². The second-order valence-corrected chi connectivity index (χ2v) is 3.82. The van der Waals surface area contributed by atoms with E-state index in [0.29, 0.717) is 13.0 Å². The lowest BCUT2D eigenvalue weighted by molar-refractivity contribution is -0.330. The molecule has 110 valence electrons. The zero-order chi connectivity index (χ0) is 14.4. The lowest BCUT2D eigenvalue weighted by Gasteiger charge is -2.28. The zero-order valence-electron chi connectivity index (χ0n) is 10.2. The summed E-state index contributed by atoms with van der Waals surface area (Å²) in [7, 11) is 0. The standard InChI is InChI=1S/C10H17F6NO/c1-3-5-7(6-17-4-2)18-8(9(11,12)13)10(14,15)16/h7-8,17H,3-6H2,1-2H3. The second-order valence-electron chi connectivity index (χ2n) is 3.82. The molecule has 18 heavy (non-hydrogen) atoms. The molecule has 0 aromatic rings. The molecular weight excluding hydrogens is 264 g/mol. The van der Waals surface area contributed by atoms with Crippen molar-refractivity contribution in [3.63, 3.8) is 0 Å². The van der Waals surface area contributed by atoms with E-state index in [2.05, 4.69) is 10.1 Å². The van der Waals surface area contributed by atoms with Crippen LogP contribution in [0.2, 0.25) is 0 Å². The smallest absolute Gasteiger partial charge is 0.356 e. The van der Waals surface area contributed by atoms with Crippen molar-refractivity contribution in [3.8, 4) is 0 Å². The van der Waals surface area contributed by atoms with E-state index in [1.807, 2.05) is 0 Å². The summed E-state index contributed by atoms with van der Waals surface area (Å²) in [5, 5.41) is 2.68. The first-order chi connectivity index (χ1) is 8.12. The minimum Gasteiger partial charge on any atom is -0.356 e. The van der Waals surface area contributed by atoms with Crippen LogP contribution >= 0.6 is 0 Å². The quantitative estimate of drug-likeness (QED) is 0.723. The summed E-state index contributed by atoms with van der Waals surface area (Å²) in [4.78, 5) is 0. The molecule has 0 amide bonds. The van der Waals surface area contributed by atoms with Crippen molar-refractivity contribution in [2.24, 2.45) is 0 Å². The Morgan fingerprint density at radius 3 is 1.83 bits per heavy atom. The number of nitrogens with one attached hydrogen (secondary N) is 1. The van der Waals surface area contributed by atoms with E-state index in [9.17, 15) is 26.3 Å². The van der Waals surface area contributed by atoms with Gasteiger partial charge in [0.25, 0.3) is 0 Å². The van der Waals surface area contributed by atoms with Gasteiger partial charge >= 0.3 is 12.4 Å². The Kier molecular flexibility index (Phi) is 6.98. The highest BCUT2D eigenvalue weighted by atomic mass is 19.4. The van der Waals surface area contributed by atoms with Gasteiger partial charge in [0.15, 0.2) is 0 Å². The summed E-state index contributed by atoms with van der Waals surface area (Å²) >= 11 is 0. The molecule has 0 saturated carbocycles. The molecule has 0 aliphatic carbocycles. The Bertz CT molecular complexity index is 213. The number of alkyl halides is 6. The fraction of sp³-hybridized carbons (Fsp3) is 1.00. The maximum absolute atomic E-state index is 12.3. The molecule has 0 saturated heterocycles. The fourth-order valence-electron chi connectivity index (χ4n) is 1.38. The van der Waals surface area contributed by atoms with Crippen molar-refractivity contribution in [1.82, 2.24) is 5.32 Å². The molecule has 0 spiro atoms. The predicted octanol–water partition coefficient (Wildman–Crippen LogP) is 3.27. The monoisotopic (exact) mass is 281 g/mol. The lowest BCUT2D eigenvalue weighted by Crippen LogP contribution is -2.48. The summed E-state index contributed by atoms with van der Waals surface area (Å²) in [6, 6.07) is 0. The number of halogens is 6. The Labute approximate surface area is 102 Å². The number of rotatable bonds is 7. The first kappa shape index (κ1) is 17.5. The van der Waals surface area contributed by atoms with Crippen molar-refractivity contribution in [2.45, 2.75) is 51.2 Å². The number of ether oxygens (including phenoxy) is 1. The molecule has 0 aliphatic heterocycles. The first-order valence-corrected chi connectivity index (χ1v) is 5.62. The number of hydrogen-bond donors (Lipinski definition) is 1. The van der Waals surface area contributed by atoms with Crippen molar-refractivity contribution in [1.29, 1.82) is 0 Å². The molecule has 0 aliphatic rings. The number of hydrogen-bond acceptors (Lipinski definition) is 2. The SMILES string of the molecule is CCCC(CNCC)OC(C(F)(F)F)C(F)(F)F. The van der Waals surface area contributed by atoms with Crippen molar-refractivity contribution < 1.29 is 31.1 Å². The van der Waals surface area contributed by atoms with Crippen LogP contribution in [0.15, 0.2) is 0 Å². The van der Waals surface area contributed by atoms with Gasteiger partial charge in [-0.1, -0.05) is 20.3 Å². The maximum Gasteiger partial charge on any atom is 0.423 e. The maximum atomic E-state index is 12.3. The van der Waals surface area contributed by atoms with E-state index >= 15 is 0 Å². The summed E-state index contributed by atoms with van der Waals surface area (Å²) in [5.74, 6) is 0. The van der Waals surface area contributed by atoms with Crippen LogP contribution in [0.5, 0.6) is 0 Å². The minimum atomic E-state index is -5.45. The molecule has 1 unspecified atom stereocenters. The van der Waals surface area contributed by atoms with Crippen LogP contribution in [-0.2, 0) is 4.74 Å². The zero-order valence-corrected chi connectivity index (χ0v) is 10.2. The van der Waals surface area contributed by atoms with Gasteiger partial charge in [-0.2, -0.15) is 26.3 Å². The normalized spacial score (nSPS) is 15.2. The topological polar surface area (TPSA) is 21.3 Å². The van der Waals surface area contributed by atoms with E-state index in [4.69, 9.17) is 0 Å². The molecule has 0 fully saturated rings. The third-order valence-corrected chi connectivity index (χ3v) is 2.16. The van der Waals surface area contributed by atoms with Crippen LogP contribution in [0.4, 0.5) is 26.3 Å². The summed E-state index contributed by atoms with van der Waals surface area (Å²) in [6.07, 6.45) is -15.1. The van der Waals surface area contributed by atoms with E-state index in [-0.39, 0.29) is 13.0 Å². The third kappa shape index (κ3) is 6.44. The fourth-order valence-corrected chi connectivity index (χ4v) is 1.38. The van der Waals surface area contributed by atoms with Crippen LogP contribution in [0.25, 0.3) is 0 Å². The summed E-state index contributed by atoms with van der Waals surface area (Å²) < 4.78 is 77.9. The van der Waals surface area contributed by atoms with Gasteiger partial charge in [0, 0.05) is 6.54 Å². The molecule has 8 heteroatoms. The Hall–Kier alpha value is -0.500. The molecule has 0 radical (unpaired) electrons. The van der Waals surface area contributed by atoms with Crippen LogP contribution in [-0.4, -0.2) is 37.7 Å². The van der Waals surface area contributed by atoms with E-state index in [1.165, 1.54) is 0 Å². The van der Waals surface area contributed by atoms with E-state index in [0.717, 1.165) is 0 Å². The van der Waals surface area contributed by atoms with Gasteiger partial charge in [-0.3, -0.25) is 0 Å². The van der Waals surface area contributed by atoms with Crippen LogP contribution in [0.3, 0.4) is 0 Å². The Balaban J connectivity index is 4.70. The second kappa shape index (κ2) is 7.18. The van der Waals surface area contributed by atoms with Crippen LogP contribution in [0.1, 0.15) is 26.7 Å². The Morgan fingerprint density at radius 2 is 1.50 bits per heavy atom. The van der Waals surface area contributed by atoms with Gasteiger partial charge in [-0.15, -0.1) is 0 Å². The van der Waals surface area contributed by atoms with Gasteiger partial charge in [-0.05, 0) is 13.0 Å². The Morgan fingerprint density at radius 1 is 1.00 bits per heavy atom. The average Bonchev–Trinajstić information content (AvgIpc) is 2.18. The third-order valence-electron chi connectivity index (χ3n) is 2.16. The predicted molar refractivity (Wildman–Crippen MR) is 54.2 cm³/mol. The molecule has 0 bridgehead atoms. The summed E-state index contributed by atoms with van der Waals surface area (Å²) in [5.41, 5.74) is 0. The molecule has 0 heterocycles. The molecule has 0 aromatic carbocycles. The van der Waals surface area contributed by atoms with Crippen LogP contribution in [0, 0.1) is 0 Å². The number of likely N-dealkylation sites (N-methyl/N-ethyl adjacent to an activating group) is 1. The molecular formula is C10H17F6NO. The highest BCUT2D eigenvalue weighted by Gasteiger charge is 2.58. The van der Waals surface area contributed by atoms with E-state index < -0.39 is 24.6 Å². The molecule has 1 atom stereocenters. The van der Waals surface area contributed by atoms with Gasteiger partial charge in [0.05, 0.1) is 6.10 Å². The molecule has 1 N–H and O–H groups in total. The highest BCUT2D eigenvalue weighted by molar-refractivity contribution is 4.78.